The summed E-state index contributed by atoms with van der Waals surface area (Å²) in [5.74, 6) is 0.820. The highest BCUT2D eigenvalue weighted by Crippen LogP contribution is 2.35. The van der Waals surface area contributed by atoms with Crippen molar-refractivity contribution >= 4 is 50.6 Å². The number of nitrogens with two attached hydrogens (primary N) is 1. The summed E-state index contributed by atoms with van der Waals surface area (Å²) in [7, 11) is 0. The number of amides is 1. The van der Waals surface area contributed by atoms with Gasteiger partial charge in [0.05, 0.1) is 17.1 Å². The van der Waals surface area contributed by atoms with Gasteiger partial charge >= 0.3 is 0 Å². The van der Waals surface area contributed by atoms with E-state index in [1.54, 1.807) is 24.2 Å². The molecular formula is C23H22N4OS2. The molecular weight excluding hydrogens is 412 g/mol. The predicted molar refractivity (Wildman–Crippen MR) is 127 cm³/mol. The number of pyridine rings is 2. The van der Waals surface area contributed by atoms with Gasteiger partial charge in [-0.15, -0.1) is 23.1 Å². The molecule has 0 unspecified atom stereocenters. The third-order valence-corrected chi connectivity index (χ3v) is 6.94. The second kappa shape index (κ2) is 9.28. The van der Waals surface area contributed by atoms with E-state index in [1.165, 1.54) is 11.3 Å². The van der Waals surface area contributed by atoms with Crippen LogP contribution in [0.25, 0.3) is 21.5 Å². The molecule has 0 aliphatic heterocycles. The molecule has 0 fully saturated rings. The molecule has 3 N–H and O–H groups in total. The number of unbranched alkanes of at least 4 members (excludes halogenated alkanes) is 1. The first-order chi connectivity index (χ1) is 14.7. The number of carbonyl (C=O) groups excluding carboxylic acids is 1. The van der Waals surface area contributed by atoms with Crippen LogP contribution in [0.2, 0.25) is 0 Å². The number of nitrogen functional groups attached to an aromatic ring is 1. The molecule has 3 aromatic heterocycles. The number of anilines is 2. The molecule has 0 aliphatic rings. The van der Waals surface area contributed by atoms with Crippen molar-refractivity contribution in [3.05, 3.63) is 65.8 Å². The average Bonchev–Trinajstić information content (AvgIpc) is 3.12. The first kappa shape index (κ1) is 20.4. The number of benzene rings is 1. The van der Waals surface area contributed by atoms with Crippen molar-refractivity contribution in [1.29, 1.82) is 0 Å². The number of carbonyl (C=O) groups is 1. The normalized spacial score (nSPS) is 11.0. The predicted octanol–water partition coefficient (Wildman–Crippen LogP) is 6.09. The van der Waals surface area contributed by atoms with Crippen molar-refractivity contribution in [2.45, 2.75) is 24.7 Å². The number of hydrogen-bond acceptors (Lipinski definition) is 6. The highest BCUT2D eigenvalue weighted by atomic mass is 32.2. The number of rotatable bonds is 7. The van der Waals surface area contributed by atoms with Gasteiger partial charge in [0.1, 0.15) is 9.71 Å². The molecule has 0 bridgehead atoms. The second-order valence-electron chi connectivity index (χ2n) is 6.78. The molecule has 0 atom stereocenters. The third-order valence-electron chi connectivity index (χ3n) is 4.67. The summed E-state index contributed by atoms with van der Waals surface area (Å²) in [6.07, 6.45) is 5.76. The Labute approximate surface area is 183 Å². The standard InChI is InChI=1S/C23H22N4OS2/c1-2-3-14-29-19-7-5-4-6-18(19)26-22(28)21-20(24)16-8-9-17(27-23(16)30-21)15-10-12-25-13-11-15/h4-13H,2-3,14,24H2,1H3,(H,26,28). The van der Waals surface area contributed by atoms with Gasteiger partial charge in [0.2, 0.25) is 0 Å². The Morgan fingerprint density at radius 2 is 1.93 bits per heavy atom. The third kappa shape index (κ3) is 4.32. The van der Waals surface area contributed by atoms with E-state index in [0.29, 0.717) is 10.6 Å². The maximum atomic E-state index is 13.0. The molecule has 3 heterocycles. The van der Waals surface area contributed by atoms with Gasteiger partial charge in [-0.25, -0.2) is 4.98 Å². The van der Waals surface area contributed by atoms with Gasteiger partial charge in [-0.3, -0.25) is 9.78 Å². The van der Waals surface area contributed by atoms with E-state index in [0.717, 1.165) is 50.7 Å². The van der Waals surface area contributed by atoms with E-state index < -0.39 is 0 Å². The van der Waals surface area contributed by atoms with Crippen molar-refractivity contribution in [3.63, 3.8) is 0 Å². The molecule has 0 saturated carbocycles. The van der Waals surface area contributed by atoms with Crippen LogP contribution in [0.5, 0.6) is 0 Å². The molecule has 0 saturated heterocycles. The van der Waals surface area contributed by atoms with Crippen LogP contribution in [0.3, 0.4) is 0 Å². The van der Waals surface area contributed by atoms with Gasteiger partial charge in [-0.05, 0) is 48.6 Å². The van der Waals surface area contributed by atoms with Crippen LogP contribution in [0.4, 0.5) is 11.4 Å². The summed E-state index contributed by atoms with van der Waals surface area (Å²) in [5.41, 5.74) is 9.40. The Kier molecular flexibility index (Phi) is 6.30. The number of thiophene rings is 1. The summed E-state index contributed by atoms with van der Waals surface area (Å²) in [4.78, 5) is 24.1. The minimum absolute atomic E-state index is 0.204. The SMILES string of the molecule is CCCCSc1ccccc1NC(=O)c1sc2nc(-c3ccncc3)ccc2c1N. The van der Waals surface area contributed by atoms with Crippen molar-refractivity contribution < 1.29 is 4.79 Å². The zero-order valence-electron chi connectivity index (χ0n) is 16.6. The minimum Gasteiger partial charge on any atom is -0.397 e. The lowest BCUT2D eigenvalue weighted by Gasteiger charge is -2.10. The largest absolute Gasteiger partial charge is 0.397 e. The number of hydrogen-bond donors (Lipinski definition) is 2. The monoisotopic (exact) mass is 434 g/mol. The van der Waals surface area contributed by atoms with Crippen molar-refractivity contribution in [1.82, 2.24) is 9.97 Å². The highest BCUT2D eigenvalue weighted by Gasteiger charge is 2.19. The lowest BCUT2D eigenvalue weighted by atomic mass is 10.1. The summed E-state index contributed by atoms with van der Waals surface area (Å²) in [6, 6.07) is 15.5. The van der Waals surface area contributed by atoms with Gasteiger partial charge in [-0.2, -0.15) is 0 Å². The second-order valence-corrected chi connectivity index (χ2v) is 8.92. The van der Waals surface area contributed by atoms with Gasteiger partial charge in [0.25, 0.3) is 5.91 Å². The first-order valence-corrected chi connectivity index (χ1v) is 11.6. The van der Waals surface area contributed by atoms with Crippen LogP contribution in [0.1, 0.15) is 29.4 Å². The fraction of sp³-hybridized carbons (Fsp3) is 0.174. The van der Waals surface area contributed by atoms with Crippen LogP contribution in [-0.2, 0) is 0 Å². The summed E-state index contributed by atoms with van der Waals surface area (Å²) < 4.78 is 0. The lowest BCUT2D eigenvalue weighted by molar-refractivity contribution is 0.103. The zero-order chi connectivity index (χ0) is 20.9. The minimum atomic E-state index is -0.204. The molecule has 30 heavy (non-hydrogen) atoms. The number of thioether (sulfide) groups is 1. The van der Waals surface area contributed by atoms with Gasteiger partial charge < -0.3 is 11.1 Å². The van der Waals surface area contributed by atoms with Crippen molar-refractivity contribution in [2.24, 2.45) is 0 Å². The smallest absolute Gasteiger partial charge is 0.267 e. The molecule has 0 aliphatic carbocycles. The Bertz CT molecular complexity index is 1170. The maximum Gasteiger partial charge on any atom is 0.267 e. The number of fused-ring (bicyclic) bond motifs is 1. The van der Waals surface area contributed by atoms with Crippen molar-refractivity contribution in [3.8, 4) is 11.3 Å². The first-order valence-electron chi connectivity index (χ1n) is 9.80. The summed E-state index contributed by atoms with van der Waals surface area (Å²) >= 11 is 3.07. The topological polar surface area (TPSA) is 80.9 Å². The van der Waals surface area contributed by atoms with Crippen LogP contribution in [0, 0.1) is 0 Å². The van der Waals surface area contributed by atoms with Crippen molar-refractivity contribution in [2.75, 3.05) is 16.8 Å². The maximum absolute atomic E-state index is 13.0. The quantitative estimate of drug-likeness (QED) is 0.272. The van der Waals surface area contributed by atoms with E-state index >= 15 is 0 Å². The highest BCUT2D eigenvalue weighted by molar-refractivity contribution is 7.99. The van der Waals surface area contributed by atoms with Crippen LogP contribution in [-0.4, -0.2) is 21.6 Å². The average molecular weight is 435 g/mol. The molecule has 0 radical (unpaired) electrons. The number of nitrogens with one attached hydrogen (secondary N) is 1. The van der Waals surface area contributed by atoms with Gasteiger partial charge in [0, 0.05) is 28.2 Å². The summed E-state index contributed by atoms with van der Waals surface area (Å²) in [6.45, 7) is 2.17. The van der Waals surface area contributed by atoms with Crippen LogP contribution >= 0.6 is 23.1 Å². The fourth-order valence-corrected chi connectivity index (χ4v) is 5.14. The van der Waals surface area contributed by atoms with Crippen LogP contribution in [0.15, 0.2) is 65.8 Å². The zero-order valence-corrected chi connectivity index (χ0v) is 18.2. The van der Waals surface area contributed by atoms with Gasteiger partial charge in [0.15, 0.2) is 0 Å². The Morgan fingerprint density at radius 1 is 1.13 bits per heavy atom. The molecule has 4 rings (SSSR count). The van der Waals surface area contributed by atoms with Gasteiger partial charge in [-0.1, -0.05) is 25.5 Å². The van der Waals surface area contributed by atoms with Crippen LogP contribution < -0.4 is 11.1 Å². The van der Waals surface area contributed by atoms with E-state index in [2.05, 4.69) is 17.2 Å². The lowest BCUT2D eigenvalue weighted by Crippen LogP contribution is -2.12. The van der Waals surface area contributed by atoms with E-state index in [1.807, 2.05) is 48.5 Å². The molecule has 5 nitrogen and oxygen atoms in total. The Hall–Kier alpha value is -2.90. The molecule has 1 amide bonds. The molecule has 152 valence electrons. The van der Waals surface area contributed by atoms with E-state index in [4.69, 9.17) is 10.7 Å². The fourth-order valence-electron chi connectivity index (χ4n) is 3.05. The molecule has 4 aromatic rings. The van der Waals surface area contributed by atoms with E-state index in [9.17, 15) is 4.79 Å². The summed E-state index contributed by atoms with van der Waals surface area (Å²) in [5, 5.41) is 3.84. The van der Waals surface area contributed by atoms with E-state index in [-0.39, 0.29) is 5.91 Å². The Morgan fingerprint density at radius 3 is 2.73 bits per heavy atom. The molecule has 7 heteroatoms. The molecule has 1 aromatic carbocycles. The number of para-hydroxylation sites is 1. The Balaban J connectivity index is 1.60. The molecule has 0 spiro atoms. The number of aromatic nitrogens is 2. The number of nitrogens with zero attached hydrogens (tertiary/aromatic N) is 2.